The number of nitrogens with two attached hydrogens (primary N) is 1. The standard InChI is InChI=1S/C14H31N3/c1-12(14(2,3)4)11-16-7-10-17-8-5-13(15)6-9-17/h12-13,16H,5-11,15H2,1-4H3. The highest BCUT2D eigenvalue weighted by molar-refractivity contribution is 4.75. The smallest absolute Gasteiger partial charge is 0.0107 e. The van der Waals surface area contributed by atoms with Gasteiger partial charge in [-0.1, -0.05) is 27.7 Å². The molecule has 0 aliphatic carbocycles. The third-order valence-corrected chi connectivity index (χ3v) is 4.17. The summed E-state index contributed by atoms with van der Waals surface area (Å²) in [5.41, 5.74) is 6.30. The van der Waals surface area contributed by atoms with E-state index in [9.17, 15) is 0 Å². The monoisotopic (exact) mass is 241 g/mol. The van der Waals surface area contributed by atoms with Crippen LogP contribution < -0.4 is 11.1 Å². The van der Waals surface area contributed by atoms with Crippen molar-refractivity contribution in [1.29, 1.82) is 0 Å². The van der Waals surface area contributed by atoms with Crippen molar-refractivity contribution in [2.75, 3.05) is 32.7 Å². The Morgan fingerprint density at radius 2 is 1.88 bits per heavy atom. The molecular formula is C14H31N3. The van der Waals surface area contributed by atoms with Crippen LogP contribution in [-0.4, -0.2) is 43.7 Å². The molecule has 102 valence electrons. The summed E-state index contributed by atoms with van der Waals surface area (Å²) >= 11 is 0. The van der Waals surface area contributed by atoms with Crippen LogP contribution in [0.1, 0.15) is 40.5 Å². The predicted molar refractivity (Wildman–Crippen MR) is 75.1 cm³/mol. The summed E-state index contributed by atoms with van der Waals surface area (Å²) < 4.78 is 0. The summed E-state index contributed by atoms with van der Waals surface area (Å²) in [6, 6.07) is 0.445. The first-order valence-corrected chi connectivity index (χ1v) is 7.08. The van der Waals surface area contributed by atoms with Gasteiger partial charge in [0.2, 0.25) is 0 Å². The molecule has 0 amide bonds. The zero-order chi connectivity index (χ0) is 12.9. The Hall–Kier alpha value is -0.120. The second kappa shape index (κ2) is 6.72. The molecule has 3 heteroatoms. The Morgan fingerprint density at radius 1 is 1.29 bits per heavy atom. The van der Waals surface area contributed by atoms with E-state index in [-0.39, 0.29) is 0 Å². The molecule has 0 bridgehead atoms. The van der Waals surface area contributed by atoms with Crippen LogP contribution in [0.2, 0.25) is 0 Å². The zero-order valence-corrected chi connectivity index (χ0v) is 12.1. The van der Waals surface area contributed by atoms with Crippen LogP contribution in [0.5, 0.6) is 0 Å². The molecule has 1 aliphatic rings. The van der Waals surface area contributed by atoms with Gasteiger partial charge in [0.15, 0.2) is 0 Å². The van der Waals surface area contributed by atoms with Gasteiger partial charge in [-0.05, 0) is 43.8 Å². The van der Waals surface area contributed by atoms with E-state index in [0.29, 0.717) is 11.5 Å². The van der Waals surface area contributed by atoms with Gasteiger partial charge in [0, 0.05) is 19.1 Å². The Morgan fingerprint density at radius 3 is 2.41 bits per heavy atom. The van der Waals surface area contributed by atoms with E-state index < -0.39 is 0 Å². The van der Waals surface area contributed by atoms with Crippen molar-refractivity contribution in [2.45, 2.75) is 46.6 Å². The normalized spacial score (nSPS) is 21.7. The van der Waals surface area contributed by atoms with Crippen molar-refractivity contribution in [2.24, 2.45) is 17.1 Å². The molecule has 1 saturated heterocycles. The number of nitrogens with one attached hydrogen (secondary N) is 1. The van der Waals surface area contributed by atoms with Crippen molar-refractivity contribution in [1.82, 2.24) is 10.2 Å². The van der Waals surface area contributed by atoms with Gasteiger partial charge in [-0.3, -0.25) is 0 Å². The summed E-state index contributed by atoms with van der Waals surface area (Å²) in [4.78, 5) is 2.53. The van der Waals surface area contributed by atoms with Crippen LogP contribution in [-0.2, 0) is 0 Å². The van der Waals surface area contributed by atoms with E-state index in [1.165, 1.54) is 32.5 Å². The molecule has 3 N–H and O–H groups in total. The summed E-state index contributed by atoms with van der Waals surface area (Å²) in [5, 5.41) is 3.58. The highest BCUT2D eigenvalue weighted by Gasteiger charge is 2.19. The molecule has 0 saturated carbocycles. The van der Waals surface area contributed by atoms with E-state index in [1.54, 1.807) is 0 Å². The van der Waals surface area contributed by atoms with Crippen LogP contribution in [0.3, 0.4) is 0 Å². The van der Waals surface area contributed by atoms with Gasteiger partial charge < -0.3 is 16.0 Å². The second-order valence-electron chi connectivity index (χ2n) is 6.65. The fourth-order valence-electron chi connectivity index (χ4n) is 2.04. The number of hydrogen-bond acceptors (Lipinski definition) is 3. The highest BCUT2D eigenvalue weighted by atomic mass is 15.1. The van der Waals surface area contributed by atoms with Gasteiger partial charge in [-0.25, -0.2) is 0 Å². The summed E-state index contributed by atoms with van der Waals surface area (Å²) in [6.07, 6.45) is 2.33. The van der Waals surface area contributed by atoms with Crippen LogP contribution in [0, 0.1) is 11.3 Å². The molecule has 0 spiro atoms. The third-order valence-electron chi connectivity index (χ3n) is 4.17. The number of likely N-dealkylation sites (tertiary alicyclic amines) is 1. The molecule has 17 heavy (non-hydrogen) atoms. The summed E-state index contributed by atoms with van der Waals surface area (Å²) in [6.45, 7) is 15.0. The molecule has 1 heterocycles. The molecule has 1 fully saturated rings. The largest absolute Gasteiger partial charge is 0.328 e. The fourth-order valence-corrected chi connectivity index (χ4v) is 2.04. The van der Waals surface area contributed by atoms with Gasteiger partial charge in [-0.15, -0.1) is 0 Å². The average molecular weight is 241 g/mol. The molecule has 1 aliphatic heterocycles. The fraction of sp³-hybridized carbons (Fsp3) is 1.00. The lowest BCUT2D eigenvalue weighted by Crippen LogP contribution is -2.43. The number of hydrogen-bond donors (Lipinski definition) is 2. The summed E-state index contributed by atoms with van der Waals surface area (Å²) in [5.74, 6) is 0.720. The van der Waals surface area contributed by atoms with Crippen molar-refractivity contribution >= 4 is 0 Å². The molecule has 0 aromatic carbocycles. The second-order valence-corrected chi connectivity index (χ2v) is 6.65. The molecule has 0 aromatic heterocycles. The molecule has 1 atom stereocenters. The maximum absolute atomic E-state index is 5.90. The molecule has 0 aromatic rings. The lowest BCUT2D eigenvalue weighted by atomic mass is 9.82. The quantitative estimate of drug-likeness (QED) is 0.720. The van der Waals surface area contributed by atoms with Crippen molar-refractivity contribution < 1.29 is 0 Å². The van der Waals surface area contributed by atoms with E-state index >= 15 is 0 Å². The predicted octanol–water partition coefficient (Wildman–Crippen LogP) is 1.68. The maximum atomic E-state index is 5.90. The van der Waals surface area contributed by atoms with E-state index in [4.69, 9.17) is 5.73 Å². The topological polar surface area (TPSA) is 41.3 Å². The number of nitrogens with zero attached hydrogens (tertiary/aromatic N) is 1. The number of piperidine rings is 1. The minimum atomic E-state index is 0.408. The Bertz CT molecular complexity index is 202. The van der Waals surface area contributed by atoms with Gasteiger partial charge in [0.25, 0.3) is 0 Å². The van der Waals surface area contributed by atoms with Crippen molar-refractivity contribution in [3.05, 3.63) is 0 Å². The zero-order valence-electron chi connectivity index (χ0n) is 12.1. The Labute approximate surface area is 107 Å². The highest BCUT2D eigenvalue weighted by Crippen LogP contribution is 2.24. The van der Waals surface area contributed by atoms with Crippen LogP contribution in [0.25, 0.3) is 0 Å². The molecule has 1 unspecified atom stereocenters. The van der Waals surface area contributed by atoms with E-state index in [0.717, 1.165) is 19.0 Å². The molecule has 1 rings (SSSR count). The maximum Gasteiger partial charge on any atom is 0.0107 e. The van der Waals surface area contributed by atoms with Gasteiger partial charge in [0.05, 0.1) is 0 Å². The van der Waals surface area contributed by atoms with Crippen LogP contribution in [0.15, 0.2) is 0 Å². The lowest BCUT2D eigenvalue weighted by Gasteiger charge is -2.31. The van der Waals surface area contributed by atoms with E-state index in [2.05, 4.69) is 37.9 Å². The lowest BCUT2D eigenvalue weighted by molar-refractivity contribution is 0.206. The van der Waals surface area contributed by atoms with E-state index in [1.807, 2.05) is 0 Å². The minimum absolute atomic E-state index is 0.408. The number of rotatable bonds is 5. The first kappa shape index (κ1) is 14.9. The first-order valence-electron chi connectivity index (χ1n) is 7.08. The van der Waals surface area contributed by atoms with Gasteiger partial charge in [0.1, 0.15) is 0 Å². The average Bonchev–Trinajstić information content (AvgIpc) is 2.25. The first-order chi connectivity index (χ1) is 7.89. The minimum Gasteiger partial charge on any atom is -0.328 e. The molecule has 0 radical (unpaired) electrons. The van der Waals surface area contributed by atoms with Crippen LogP contribution >= 0.6 is 0 Å². The molecule has 3 nitrogen and oxygen atoms in total. The van der Waals surface area contributed by atoms with Gasteiger partial charge in [-0.2, -0.15) is 0 Å². The van der Waals surface area contributed by atoms with Gasteiger partial charge >= 0.3 is 0 Å². The van der Waals surface area contributed by atoms with Crippen molar-refractivity contribution in [3.63, 3.8) is 0 Å². The third kappa shape index (κ3) is 5.84. The SMILES string of the molecule is CC(CNCCN1CCC(N)CC1)C(C)(C)C. The summed E-state index contributed by atoms with van der Waals surface area (Å²) in [7, 11) is 0. The Balaban J connectivity index is 2.04. The van der Waals surface area contributed by atoms with Crippen molar-refractivity contribution in [3.8, 4) is 0 Å². The van der Waals surface area contributed by atoms with Crippen LogP contribution in [0.4, 0.5) is 0 Å². The molecular weight excluding hydrogens is 210 g/mol. The Kier molecular flexibility index (Phi) is 5.90.